The van der Waals surface area contributed by atoms with Gasteiger partial charge in [0.1, 0.15) is 3.23 Å². The first kappa shape index (κ1) is 14.5. The second-order valence-electron chi connectivity index (χ2n) is 3.36. The van der Waals surface area contributed by atoms with Crippen LogP contribution in [0.2, 0.25) is 0 Å². The summed E-state index contributed by atoms with van der Waals surface area (Å²) >= 11 is 7.10. The summed E-state index contributed by atoms with van der Waals surface area (Å²) in [7, 11) is 0. The lowest BCUT2D eigenvalue weighted by Gasteiger charge is -2.19. The third-order valence-electron chi connectivity index (χ3n) is 1.91. The maximum Gasteiger partial charge on any atom is 0.106 e. The summed E-state index contributed by atoms with van der Waals surface area (Å²) in [5, 5.41) is 7.57. The summed E-state index contributed by atoms with van der Waals surface area (Å²) in [4.78, 5) is 8.57. The molecule has 0 bridgehead atoms. The molecule has 0 atom stereocenters. The second kappa shape index (κ2) is 7.03. The first-order valence-electron chi connectivity index (χ1n) is 5.23. The van der Waals surface area contributed by atoms with Crippen LogP contribution in [0.1, 0.15) is 19.0 Å². The predicted molar refractivity (Wildman–Crippen MR) is 77.9 cm³/mol. The molecule has 1 aromatic rings. The lowest BCUT2D eigenvalue weighted by Crippen LogP contribution is -2.18. The van der Waals surface area contributed by atoms with Gasteiger partial charge < -0.3 is 5.11 Å². The highest BCUT2D eigenvalue weighted by molar-refractivity contribution is 9.25. The first-order chi connectivity index (χ1) is 8.09. The molecule has 0 saturated carbocycles. The monoisotopic (exact) mass is 360 g/mol. The first-order valence-corrected chi connectivity index (χ1v) is 6.82. The van der Waals surface area contributed by atoms with E-state index in [1.807, 2.05) is 24.3 Å². The number of alkyl halides is 2. The topological polar surface area (TPSA) is 45.5 Å². The molecule has 5 heteroatoms. The van der Waals surface area contributed by atoms with E-state index in [1.54, 1.807) is 19.3 Å². The van der Waals surface area contributed by atoms with Crippen LogP contribution in [0.15, 0.2) is 41.7 Å². The van der Waals surface area contributed by atoms with Crippen molar-refractivity contribution in [3.63, 3.8) is 0 Å². The van der Waals surface area contributed by atoms with Crippen LogP contribution in [0.4, 0.5) is 0 Å². The fourth-order valence-electron chi connectivity index (χ4n) is 1.25. The summed E-state index contributed by atoms with van der Waals surface area (Å²) in [5.74, 6) is 0. The van der Waals surface area contributed by atoms with Gasteiger partial charge in [0.2, 0.25) is 0 Å². The molecule has 3 nitrogen and oxygen atoms in total. The van der Waals surface area contributed by atoms with Crippen LogP contribution < -0.4 is 0 Å². The Kier molecular flexibility index (Phi) is 6.02. The maximum atomic E-state index is 7.57. The Labute approximate surface area is 118 Å². The lowest BCUT2D eigenvalue weighted by molar-refractivity contribution is 0.318. The number of aliphatic hydroxyl groups is 1. The number of rotatable bonds is 1. The number of aliphatic hydroxyl groups excluding tert-OH is 1. The Bertz CT molecular complexity index is 402. The summed E-state index contributed by atoms with van der Waals surface area (Å²) in [5.41, 5.74) is 1.92. The van der Waals surface area contributed by atoms with E-state index in [2.05, 4.69) is 41.8 Å². The Morgan fingerprint density at radius 1 is 1.41 bits per heavy atom. The molecule has 2 heterocycles. The molecule has 0 aliphatic carbocycles. The highest BCUT2D eigenvalue weighted by atomic mass is 79.9. The van der Waals surface area contributed by atoms with Gasteiger partial charge in [0.15, 0.2) is 0 Å². The molecule has 17 heavy (non-hydrogen) atoms. The summed E-state index contributed by atoms with van der Waals surface area (Å²) in [6.45, 7) is 1.93. The molecule has 92 valence electrons. The van der Waals surface area contributed by atoms with Crippen LogP contribution >= 0.6 is 31.9 Å². The fourth-order valence-corrected chi connectivity index (χ4v) is 2.02. The molecule has 0 amide bonds. The van der Waals surface area contributed by atoms with Crippen LogP contribution in [-0.4, -0.2) is 25.6 Å². The molecule has 0 saturated heterocycles. The van der Waals surface area contributed by atoms with Gasteiger partial charge in [-0.2, -0.15) is 0 Å². The standard InChI is InChI=1S/C10H8Br2N2.C2H6O/c11-10(12)4-6-14-9(7-10)8-3-1-2-5-13-8;1-2-3/h1-6H,7H2;3H,2H2,1H3. The Morgan fingerprint density at radius 2 is 2.12 bits per heavy atom. The van der Waals surface area contributed by atoms with Gasteiger partial charge in [-0.25, -0.2) is 0 Å². The van der Waals surface area contributed by atoms with E-state index in [1.165, 1.54) is 0 Å². The van der Waals surface area contributed by atoms with E-state index in [-0.39, 0.29) is 9.84 Å². The fraction of sp³-hybridized carbons (Fsp3) is 0.333. The summed E-state index contributed by atoms with van der Waals surface area (Å²) in [6.07, 6.45) is 6.33. The number of halogens is 2. The minimum absolute atomic E-state index is 0.172. The number of hydrogen-bond donors (Lipinski definition) is 1. The number of allylic oxidation sites excluding steroid dienone is 1. The van der Waals surface area contributed by atoms with Crippen LogP contribution in [0, 0.1) is 0 Å². The van der Waals surface area contributed by atoms with E-state index in [0.717, 1.165) is 17.8 Å². The molecule has 2 rings (SSSR count). The van der Waals surface area contributed by atoms with Crippen LogP contribution in [-0.2, 0) is 0 Å². The zero-order valence-electron chi connectivity index (χ0n) is 9.48. The number of pyridine rings is 1. The van der Waals surface area contributed by atoms with Gasteiger partial charge in [-0.3, -0.25) is 9.98 Å². The zero-order valence-corrected chi connectivity index (χ0v) is 12.6. The van der Waals surface area contributed by atoms with Crippen molar-refractivity contribution in [1.82, 2.24) is 4.98 Å². The molecule has 1 N–H and O–H groups in total. The molecule has 1 aliphatic heterocycles. The highest BCUT2D eigenvalue weighted by Gasteiger charge is 2.25. The lowest BCUT2D eigenvalue weighted by atomic mass is 10.1. The van der Waals surface area contributed by atoms with Gasteiger partial charge in [0.05, 0.1) is 11.4 Å². The SMILES string of the molecule is BrC1(Br)C=CN=C(c2ccccn2)C1.CCO. The van der Waals surface area contributed by atoms with Crippen LogP contribution in [0.5, 0.6) is 0 Å². The quantitative estimate of drug-likeness (QED) is 0.780. The number of aromatic nitrogens is 1. The second-order valence-corrected chi connectivity index (χ2v) is 7.25. The highest BCUT2D eigenvalue weighted by Crippen LogP contribution is 2.35. The summed E-state index contributed by atoms with van der Waals surface area (Å²) in [6, 6.07) is 5.83. The molecular formula is C12H14Br2N2O. The van der Waals surface area contributed by atoms with Gasteiger partial charge in [0.25, 0.3) is 0 Å². The third kappa shape index (κ3) is 5.10. The Balaban J connectivity index is 0.000000437. The van der Waals surface area contributed by atoms with Crippen molar-refractivity contribution in [2.24, 2.45) is 4.99 Å². The average Bonchev–Trinajstić information content (AvgIpc) is 2.30. The molecule has 0 spiro atoms. The van der Waals surface area contributed by atoms with E-state index in [9.17, 15) is 0 Å². The molecule has 0 fully saturated rings. The normalized spacial score (nSPS) is 16.8. The predicted octanol–water partition coefficient (Wildman–Crippen LogP) is 3.27. The maximum absolute atomic E-state index is 7.57. The average molecular weight is 362 g/mol. The van der Waals surface area contributed by atoms with Crippen molar-refractivity contribution in [3.8, 4) is 0 Å². The molecule has 1 aromatic heterocycles. The molecule has 0 radical (unpaired) electrons. The third-order valence-corrected chi connectivity index (χ3v) is 3.00. The molecule has 1 aliphatic rings. The van der Waals surface area contributed by atoms with Crippen molar-refractivity contribution < 1.29 is 5.11 Å². The molecule has 0 unspecified atom stereocenters. The van der Waals surface area contributed by atoms with E-state index in [4.69, 9.17) is 5.11 Å². The number of hydrogen-bond acceptors (Lipinski definition) is 3. The van der Waals surface area contributed by atoms with E-state index < -0.39 is 0 Å². The van der Waals surface area contributed by atoms with Gasteiger partial charge in [-0.1, -0.05) is 37.9 Å². The van der Waals surface area contributed by atoms with E-state index >= 15 is 0 Å². The van der Waals surface area contributed by atoms with Crippen LogP contribution in [0.3, 0.4) is 0 Å². The minimum Gasteiger partial charge on any atom is -0.397 e. The van der Waals surface area contributed by atoms with Gasteiger partial charge >= 0.3 is 0 Å². The largest absolute Gasteiger partial charge is 0.397 e. The van der Waals surface area contributed by atoms with Crippen molar-refractivity contribution >= 4 is 37.6 Å². The number of aliphatic imine (C=N–C) groups is 1. The zero-order chi connectivity index (χ0) is 12.7. The minimum atomic E-state index is -0.172. The van der Waals surface area contributed by atoms with Gasteiger partial charge in [-0.15, -0.1) is 0 Å². The molecule has 0 aromatic carbocycles. The smallest absolute Gasteiger partial charge is 0.106 e. The van der Waals surface area contributed by atoms with Crippen molar-refractivity contribution in [2.75, 3.05) is 6.61 Å². The van der Waals surface area contributed by atoms with Gasteiger partial charge in [0, 0.05) is 25.4 Å². The summed E-state index contributed by atoms with van der Waals surface area (Å²) < 4.78 is -0.172. The van der Waals surface area contributed by atoms with Gasteiger partial charge in [-0.05, 0) is 25.1 Å². The Hall–Kier alpha value is -0.520. The van der Waals surface area contributed by atoms with E-state index in [0.29, 0.717) is 0 Å². The van der Waals surface area contributed by atoms with Crippen molar-refractivity contribution in [1.29, 1.82) is 0 Å². The van der Waals surface area contributed by atoms with Crippen molar-refractivity contribution in [2.45, 2.75) is 16.6 Å². The number of nitrogens with zero attached hydrogens (tertiary/aromatic N) is 2. The molecular weight excluding hydrogens is 348 g/mol. The van der Waals surface area contributed by atoms with Crippen LogP contribution in [0.25, 0.3) is 0 Å². The van der Waals surface area contributed by atoms with Crippen molar-refractivity contribution in [3.05, 3.63) is 42.4 Å². The Morgan fingerprint density at radius 3 is 2.65 bits per heavy atom.